The molecule has 182 valence electrons. The van der Waals surface area contributed by atoms with Crippen molar-refractivity contribution in [1.82, 2.24) is 15.1 Å². The molecule has 0 saturated carbocycles. The largest absolute Gasteiger partial charge is 0.489 e. The fourth-order valence-electron chi connectivity index (χ4n) is 3.55. The van der Waals surface area contributed by atoms with Gasteiger partial charge in [0.05, 0.1) is 12.6 Å². The molecule has 34 heavy (non-hydrogen) atoms. The molecule has 1 aromatic heterocycles. The Hall–Kier alpha value is -3.39. The number of hydrogen-bond acceptors (Lipinski definition) is 6. The van der Waals surface area contributed by atoms with Gasteiger partial charge in [0.25, 0.3) is 5.91 Å². The van der Waals surface area contributed by atoms with Gasteiger partial charge in [-0.1, -0.05) is 58.0 Å². The molecular weight excluding hydrogens is 434 g/mol. The average Bonchev–Trinajstić information content (AvgIpc) is 3.16. The first-order valence-corrected chi connectivity index (χ1v) is 11.6. The first kappa shape index (κ1) is 25.2. The number of aliphatic hydroxyl groups is 1. The number of nitrogens with zero attached hydrogens (tertiary/aromatic N) is 2. The van der Waals surface area contributed by atoms with Gasteiger partial charge in [-0.25, -0.2) is 4.79 Å². The fraction of sp³-hybridized carbons (Fsp3) is 0.423. The van der Waals surface area contributed by atoms with Crippen LogP contribution in [0.4, 0.5) is 0 Å². The molecule has 1 amide bonds. The molecule has 0 radical (unpaired) electrons. The van der Waals surface area contributed by atoms with Crippen molar-refractivity contribution in [3.8, 4) is 5.75 Å². The van der Waals surface area contributed by atoms with Crippen LogP contribution >= 0.6 is 0 Å². The molecule has 2 atom stereocenters. The van der Waals surface area contributed by atoms with Crippen LogP contribution in [0.2, 0.25) is 0 Å². The highest BCUT2D eigenvalue weighted by Crippen LogP contribution is 2.21. The Kier molecular flexibility index (Phi) is 8.65. The number of nitrogens with one attached hydrogen (secondary N) is 1. The predicted octanol–water partition coefficient (Wildman–Crippen LogP) is 3.95. The molecule has 2 unspecified atom stereocenters. The van der Waals surface area contributed by atoms with Crippen molar-refractivity contribution in [3.63, 3.8) is 0 Å². The van der Waals surface area contributed by atoms with E-state index in [1.807, 2.05) is 58.0 Å². The first-order valence-electron chi connectivity index (χ1n) is 11.6. The number of amides is 1. The zero-order valence-corrected chi connectivity index (χ0v) is 20.1. The SMILES string of the molecule is CC(C)CC(NC(=O)c1ccc(OCc2ccccc2)cc1)C(O)c1nn(CC(C)C)c(=O)o1. The molecule has 0 bridgehead atoms. The van der Waals surface area contributed by atoms with Gasteiger partial charge in [0.1, 0.15) is 12.4 Å². The first-order chi connectivity index (χ1) is 16.2. The number of rotatable bonds is 11. The summed E-state index contributed by atoms with van der Waals surface area (Å²) in [6, 6.07) is 16.0. The minimum absolute atomic E-state index is 0.0961. The van der Waals surface area contributed by atoms with E-state index in [4.69, 9.17) is 9.15 Å². The molecule has 2 aromatic carbocycles. The van der Waals surface area contributed by atoms with Gasteiger partial charge < -0.3 is 19.6 Å². The lowest BCUT2D eigenvalue weighted by atomic mass is 9.98. The molecule has 0 fully saturated rings. The van der Waals surface area contributed by atoms with Crippen molar-refractivity contribution in [3.05, 3.63) is 82.2 Å². The van der Waals surface area contributed by atoms with Gasteiger partial charge in [-0.05, 0) is 48.1 Å². The maximum Gasteiger partial charge on any atom is 0.437 e. The van der Waals surface area contributed by atoms with Crippen LogP contribution < -0.4 is 15.8 Å². The zero-order valence-electron chi connectivity index (χ0n) is 20.1. The fourth-order valence-corrected chi connectivity index (χ4v) is 3.55. The van der Waals surface area contributed by atoms with Crippen LogP contribution in [0, 0.1) is 11.8 Å². The minimum Gasteiger partial charge on any atom is -0.489 e. The van der Waals surface area contributed by atoms with E-state index in [9.17, 15) is 14.7 Å². The highest BCUT2D eigenvalue weighted by atomic mass is 16.5. The van der Waals surface area contributed by atoms with Gasteiger partial charge in [-0.15, -0.1) is 5.10 Å². The average molecular weight is 468 g/mol. The van der Waals surface area contributed by atoms with E-state index in [2.05, 4.69) is 10.4 Å². The van der Waals surface area contributed by atoms with Crippen LogP contribution in [0.3, 0.4) is 0 Å². The monoisotopic (exact) mass is 467 g/mol. The van der Waals surface area contributed by atoms with Crippen LogP contribution in [0.15, 0.2) is 63.8 Å². The van der Waals surface area contributed by atoms with Crippen LogP contribution in [-0.4, -0.2) is 26.8 Å². The van der Waals surface area contributed by atoms with Crippen LogP contribution in [0.5, 0.6) is 5.75 Å². The molecule has 8 heteroatoms. The number of carbonyl (C=O) groups excluding carboxylic acids is 1. The van der Waals surface area contributed by atoms with E-state index in [-0.39, 0.29) is 23.6 Å². The van der Waals surface area contributed by atoms with Crippen molar-refractivity contribution >= 4 is 5.91 Å². The second kappa shape index (κ2) is 11.7. The number of ether oxygens (including phenoxy) is 1. The number of carbonyl (C=O) groups is 1. The van der Waals surface area contributed by atoms with Crippen molar-refractivity contribution in [1.29, 1.82) is 0 Å². The van der Waals surface area contributed by atoms with Gasteiger partial charge in [0, 0.05) is 5.56 Å². The van der Waals surface area contributed by atoms with E-state index < -0.39 is 17.9 Å². The van der Waals surface area contributed by atoms with Crippen molar-refractivity contribution in [2.24, 2.45) is 11.8 Å². The van der Waals surface area contributed by atoms with Gasteiger partial charge in [0.15, 0.2) is 6.10 Å². The smallest absolute Gasteiger partial charge is 0.437 e. The lowest BCUT2D eigenvalue weighted by Crippen LogP contribution is -2.40. The van der Waals surface area contributed by atoms with Gasteiger partial charge in [0.2, 0.25) is 5.89 Å². The lowest BCUT2D eigenvalue weighted by molar-refractivity contribution is 0.0710. The van der Waals surface area contributed by atoms with Crippen LogP contribution in [0.25, 0.3) is 0 Å². The molecule has 0 aliphatic carbocycles. The minimum atomic E-state index is -1.25. The Morgan fingerprint density at radius 1 is 1.06 bits per heavy atom. The molecule has 0 spiro atoms. The summed E-state index contributed by atoms with van der Waals surface area (Å²) < 4.78 is 12.2. The summed E-state index contributed by atoms with van der Waals surface area (Å²) in [6.07, 6.45) is -0.771. The Bertz CT molecular complexity index is 1100. The number of aliphatic hydroxyl groups excluding tert-OH is 1. The molecule has 1 heterocycles. The summed E-state index contributed by atoms with van der Waals surface area (Å²) in [5.74, 6) is -0.0404. The topological polar surface area (TPSA) is 107 Å². The lowest BCUT2D eigenvalue weighted by Gasteiger charge is -2.23. The van der Waals surface area contributed by atoms with Crippen LogP contribution in [0.1, 0.15) is 62.0 Å². The second-order valence-electron chi connectivity index (χ2n) is 9.24. The summed E-state index contributed by atoms with van der Waals surface area (Å²) in [5.41, 5.74) is 1.48. The van der Waals surface area contributed by atoms with E-state index in [0.29, 0.717) is 30.9 Å². The van der Waals surface area contributed by atoms with Crippen LogP contribution in [-0.2, 0) is 13.2 Å². The molecule has 3 aromatic rings. The number of benzene rings is 2. The molecule has 3 rings (SSSR count). The third-order valence-electron chi connectivity index (χ3n) is 5.20. The Morgan fingerprint density at radius 2 is 1.74 bits per heavy atom. The maximum atomic E-state index is 12.9. The summed E-state index contributed by atoms with van der Waals surface area (Å²) in [4.78, 5) is 25.0. The Morgan fingerprint density at radius 3 is 2.35 bits per heavy atom. The maximum absolute atomic E-state index is 12.9. The highest BCUT2D eigenvalue weighted by Gasteiger charge is 2.29. The van der Waals surface area contributed by atoms with E-state index in [0.717, 1.165) is 5.56 Å². The molecular formula is C26H33N3O5. The second-order valence-corrected chi connectivity index (χ2v) is 9.24. The highest BCUT2D eigenvalue weighted by molar-refractivity contribution is 5.94. The molecule has 0 aliphatic rings. The van der Waals surface area contributed by atoms with E-state index in [1.165, 1.54) is 4.68 Å². The van der Waals surface area contributed by atoms with Gasteiger partial charge in [-0.2, -0.15) is 4.68 Å². The Balaban J connectivity index is 1.67. The molecule has 8 nitrogen and oxygen atoms in total. The van der Waals surface area contributed by atoms with Gasteiger partial charge in [-0.3, -0.25) is 4.79 Å². The normalized spacial score (nSPS) is 13.1. The number of hydrogen-bond donors (Lipinski definition) is 2. The van der Waals surface area contributed by atoms with E-state index >= 15 is 0 Å². The van der Waals surface area contributed by atoms with Crippen molar-refractivity contribution < 1.29 is 19.1 Å². The van der Waals surface area contributed by atoms with Crippen molar-refractivity contribution in [2.75, 3.05) is 0 Å². The van der Waals surface area contributed by atoms with Crippen molar-refractivity contribution in [2.45, 2.75) is 59.4 Å². The summed E-state index contributed by atoms with van der Waals surface area (Å²) >= 11 is 0. The molecule has 0 aliphatic heterocycles. The summed E-state index contributed by atoms with van der Waals surface area (Å²) in [5, 5.41) is 17.9. The zero-order chi connectivity index (χ0) is 24.7. The third-order valence-corrected chi connectivity index (χ3v) is 5.20. The molecule has 2 N–H and O–H groups in total. The standard InChI is InChI=1S/C26H33N3O5/c1-17(2)14-22(23(30)25-28-29(15-18(3)4)26(32)34-25)27-24(31)20-10-12-21(13-11-20)33-16-19-8-6-5-7-9-19/h5-13,17-18,22-23,30H,14-16H2,1-4H3,(H,27,31). The molecule has 0 saturated heterocycles. The van der Waals surface area contributed by atoms with E-state index in [1.54, 1.807) is 24.3 Å². The number of aromatic nitrogens is 2. The van der Waals surface area contributed by atoms with Gasteiger partial charge >= 0.3 is 5.76 Å². The predicted molar refractivity (Wildman–Crippen MR) is 128 cm³/mol. The summed E-state index contributed by atoms with van der Waals surface area (Å²) in [7, 11) is 0. The quantitative estimate of drug-likeness (QED) is 0.442. The summed E-state index contributed by atoms with van der Waals surface area (Å²) in [6.45, 7) is 8.70. The Labute approximate surface area is 199 Å². The third kappa shape index (κ3) is 7.05.